The Bertz CT molecular complexity index is 847. The van der Waals surface area contributed by atoms with Gasteiger partial charge in [-0.2, -0.15) is 0 Å². The van der Waals surface area contributed by atoms with E-state index in [0.717, 1.165) is 32.9 Å². The molecule has 106 valence electrons. The predicted octanol–water partition coefficient (Wildman–Crippen LogP) is 4.53. The van der Waals surface area contributed by atoms with Gasteiger partial charge in [0.05, 0.1) is 0 Å². The molecule has 2 heterocycles. The molecule has 1 fully saturated rings. The number of benzene rings is 1. The van der Waals surface area contributed by atoms with Gasteiger partial charge in [-0.25, -0.2) is 4.98 Å². The number of nitrogen functional groups attached to an aromatic ring is 1. The maximum atomic E-state index is 6.33. The van der Waals surface area contributed by atoms with Gasteiger partial charge < -0.3 is 5.73 Å². The minimum absolute atomic E-state index is 0.697. The summed E-state index contributed by atoms with van der Waals surface area (Å²) >= 11 is 3.52. The molecule has 0 aliphatic heterocycles. The molecule has 4 rings (SSSR count). The van der Waals surface area contributed by atoms with Crippen LogP contribution in [0.1, 0.15) is 29.9 Å². The number of rotatable bonds is 2. The largest absolute Gasteiger partial charge is 0.383 e. The second-order valence-corrected chi connectivity index (χ2v) is 6.70. The molecule has 2 N–H and O–H groups in total. The van der Waals surface area contributed by atoms with E-state index in [-0.39, 0.29) is 0 Å². The maximum Gasteiger partial charge on any atom is 0.142 e. The lowest BCUT2D eigenvalue weighted by atomic mass is 10.1. The smallest absolute Gasteiger partial charge is 0.142 e. The monoisotopic (exact) mass is 341 g/mol. The summed E-state index contributed by atoms with van der Waals surface area (Å²) in [7, 11) is 0. The highest BCUT2D eigenvalue weighted by atomic mass is 79.9. The van der Waals surface area contributed by atoms with Crippen LogP contribution in [0.4, 0.5) is 5.82 Å². The van der Waals surface area contributed by atoms with Crippen molar-refractivity contribution in [2.45, 2.75) is 25.7 Å². The molecule has 0 saturated heterocycles. The lowest BCUT2D eigenvalue weighted by Gasteiger charge is -2.03. The molecule has 0 atom stereocenters. The number of aromatic nitrogens is 2. The molecular formula is C17H16BrN3. The quantitative estimate of drug-likeness (QED) is 0.743. The Morgan fingerprint density at radius 3 is 2.86 bits per heavy atom. The fraction of sp³-hybridized carbons (Fsp3) is 0.235. The van der Waals surface area contributed by atoms with Crippen molar-refractivity contribution in [2.24, 2.45) is 0 Å². The number of nitrogens with two attached hydrogens (primary N) is 1. The average molecular weight is 342 g/mol. The molecule has 1 aromatic carbocycles. The van der Waals surface area contributed by atoms with E-state index in [1.54, 1.807) is 0 Å². The zero-order chi connectivity index (χ0) is 14.6. The number of nitrogens with zero attached hydrogens (tertiary/aromatic N) is 2. The SMILES string of the molecule is Cc1cc(Br)cn2c(N)c(-c3cccc(C4CC4)c3)nc12. The van der Waals surface area contributed by atoms with Crippen LogP contribution in [0.3, 0.4) is 0 Å². The molecule has 0 radical (unpaired) electrons. The number of halogens is 1. The van der Waals surface area contributed by atoms with Crippen LogP contribution in [0.25, 0.3) is 16.9 Å². The van der Waals surface area contributed by atoms with E-state index in [1.165, 1.54) is 18.4 Å². The van der Waals surface area contributed by atoms with Crippen molar-refractivity contribution >= 4 is 27.4 Å². The highest BCUT2D eigenvalue weighted by Gasteiger charge is 2.24. The zero-order valence-electron chi connectivity index (χ0n) is 11.8. The molecule has 3 nitrogen and oxygen atoms in total. The third-order valence-electron chi connectivity index (χ3n) is 4.12. The van der Waals surface area contributed by atoms with Crippen LogP contribution in [-0.2, 0) is 0 Å². The van der Waals surface area contributed by atoms with E-state index in [2.05, 4.69) is 53.2 Å². The van der Waals surface area contributed by atoms with Crippen molar-refractivity contribution in [2.75, 3.05) is 5.73 Å². The number of fused-ring (bicyclic) bond motifs is 1. The lowest BCUT2D eigenvalue weighted by Crippen LogP contribution is -1.95. The fourth-order valence-electron chi connectivity index (χ4n) is 2.86. The molecule has 3 aromatic rings. The molecule has 1 saturated carbocycles. The summed E-state index contributed by atoms with van der Waals surface area (Å²) in [6.07, 6.45) is 4.57. The van der Waals surface area contributed by atoms with E-state index in [4.69, 9.17) is 10.7 Å². The molecule has 0 bridgehead atoms. The van der Waals surface area contributed by atoms with Gasteiger partial charge in [-0.1, -0.05) is 18.2 Å². The average Bonchev–Trinajstić information content (AvgIpc) is 3.25. The van der Waals surface area contributed by atoms with Gasteiger partial charge in [0.2, 0.25) is 0 Å². The molecule has 0 amide bonds. The minimum atomic E-state index is 0.697. The molecule has 2 aromatic heterocycles. The van der Waals surface area contributed by atoms with Gasteiger partial charge in [-0.3, -0.25) is 4.40 Å². The van der Waals surface area contributed by atoms with Crippen LogP contribution >= 0.6 is 15.9 Å². The second kappa shape index (κ2) is 4.60. The van der Waals surface area contributed by atoms with Gasteiger partial charge in [0.25, 0.3) is 0 Å². The third-order valence-corrected chi connectivity index (χ3v) is 4.55. The lowest BCUT2D eigenvalue weighted by molar-refractivity contribution is 1.13. The van der Waals surface area contributed by atoms with E-state index < -0.39 is 0 Å². The summed E-state index contributed by atoms with van der Waals surface area (Å²) in [5.41, 5.74) is 11.7. The van der Waals surface area contributed by atoms with Gasteiger partial charge in [0, 0.05) is 16.2 Å². The second-order valence-electron chi connectivity index (χ2n) is 5.78. The standard InChI is InChI=1S/C17H16BrN3/c1-10-7-14(18)9-21-16(19)15(20-17(10)21)13-4-2-3-12(8-13)11-5-6-11/h2-4,7-9,11H,5-6,19H2,1H3. The summed E-state index contributed by atoms with van der Waals surface area (Å²) in [6.45, 7) is 2.05. The van der Waals surface area contributed by atoms with E-state index in [0.29, 0.717) is 5.82 Å². The van der Waals surface area contributed by atoms with Crippen LogP contribution in [-0.4, -0.2) is 9.38 Å². The Morgan fingerprint density at radius 2 is 2.10 bits per heavy atom. The minimum Gasteiger partial charge on any atom is -0.383 e. The van der Waals surface area contributed by atoms with E-state index >= 15 is 0 Å². The summed E-state index contributed by atoms with van der Waals surface area (Å²) in [4.78, 5) is 4.76. The van der Waals surface area contributed by atoms with Gasteiger partial charge in [-0.15, -0.1) is 0 Å². The molecule has 1 aliphatic rings. The fourth-order valence-corrected chi connectivity index (χ4v) is 3.40. The Morgan fingerprint density at radius 1 is 1.29 bits per heavy atom. The normalized spacial score (nSPS) is 14.8. The van der Waals surface area contributed by atoms with Gasteiger partial charge >= 0.3 is 0 Å². The highest BCUT2D eigenvalue weighted by molar-refractivity contribution is 9.10. The van der Waals surface area contributed by atoms with Crippen molar-refractivity contribution < 1.29 is 0 Å². The summed E-state index contributed by atoms with van der Waals surface area (Å²) < 4.78 is 2.97. The summed E-state index contributed by atoms with van der Waals surface area (Å²) in [5.74, 6) is 1.43. The topological polar surface area (TPSA) is 43.3 Å². The van der Waals surface area contributed by atoms with Gasteiger partial charge in [-0.05, 0) is 64.9 Å². The molecule has 1 aliphatic carbocycles. The Hall–Kier alpha value is -1.81. The first kappa shape index (κ1) is 12.9. The van der Waals surface area contributed by atoms with Crippen molar-refractivity contribution in [3.8, 4) is 11.3 Å². The van der Waals surface area contributed by atoms with Crippen LogP contribution in [0, 0.1) is 6.92 Å². The number of aryl methyl sites for hydroxylation is 1. The van der Waals surface area contributed by atoms with E-state index in [9.17, 15) is 0 Å². The van der Waals surface area contributed by atoms with Gasteiger partial charge in [0.15, 0.2) is 0 Å². The van der Waals surface area contributed by atoms with Crippen molar-refractivity contribution in [1.29, 1.82) is 0 Å². The Kier molecular flexibility index (Phi) is 2.82. The first-order valence-corrected chi connectivity index (χ1v) is 7.97. The first-order chi connectivity index (χ1) is 10.1. The molecule has 0 unspecified atom stereocenters. The van der Waals surface area contributed by atoms with Crippen LogP contribution in [0.2, 0.25) is 0 Å². The summed E-state index contributed by atoms with van der Waals surface area (Å²) in [5, 5.41) is 0. The molecule has 4 heteroatoms. The van der Waals surface area contributed by atoms with Crippen molar-refractivity contribution in [1.82, 2.24) is 9.38 Å². The van der Waals surface area contributed by atoms with E-state index in [1.807, 2.05) is 10.6 Å². The molecule has 0 spiro atoms. The van der Waals surface area contributed by atoms with Crippen molar-refractivity contribution in [3.63, 3.8) is 0 Å². The summed E-state index contributed by atoms with van der Waals surface area (Å²) in [6, 6.07) is 10.7. The maximum absolute atomic E-state index is 6.33. The van der Waals surface area contributed by atoms with Crippen LogP contribution < -0.4 is 5.73 Å². The highest BCUT2D eigenvalue weighted by Crippen LogP contribution is 2.41. The number of hydrogen-bond donors (Lipinski definition) is 1. The first-order valence-electron chi connectivity index (χ1n) is 7.17. The van der Waals surface area contributed by atoms with Crippen molar-refractivity contribution in [3.05, 3.63) is 52.1 Å². The number of hydrogen-bond acceptors (Lipinski definition) is 2. The molecule has 21 heavy (non-hydrogen) atoms. The third kappa shape index (κ3) is 2.14. The number of anilines is 1. The molecular weight excluding hydrogens is 326 g/mol. The Balaban J connectivity index is 1.92. The van der Waals surface area contributed by atoms with Crippen LogP contribution in [0.5, 0.6) is 0 Å². The predicted molar refractivity (Wildman–Crippen MR) is 89.5 cm³/mol. The number of imidazole rings is 1. The zero-order valence-corrected chi connectivity index (χ0v) is 13.4. The Labute approximate surface area is 131 Å². The number of pyridine rings is 1. The van der Waals surface area contributed by atoms with Gasteiger partial charge in [0.1, 0.15) is 17.2 Å². The van der Waals surface area contributed by atoms with Crippen LogP contribution in [0.15, 0.2) is 41.0 Å².